The molecular formula is C9H13ClN2. The third-order valence-electron chi connectivity index (χ3n) is 2.98. The van der Waals surface area contributed by atoms with Crippen molar-refractivity contribution in [3.05, 3.63) is 16.9 Å². The summed E-state index contributed by atoms with van der Waals surface area (Å²) in [6.07, 6.45) is 3.02. The van der Waals surface area contributed by atoms with Gasteiger partial charge in [-0.25, -0.2) is 4.68 Å². The van der Waals surface area contributed by atoms with Gasteiger partial charge in [-0.2, -0.15) is 5.10 Å². The van der Waals surface area contributed by atoms with E-state index in [9.17, 15) is 0 Å². The van der Waals surface area contributed by atoms with E-state index in [1.54, 1.807) is 0 Å². The van der Waals surface area contributed by atoms with Crippen LogP contribution in [0.25, 0.3) is 0 Å². The number of hydrogen-bond acceptors (Lipinski definition) is 1. The third kappa shape index (κ3) is 0.908. The Bertz CT molecular complexity index is 318. The summed E-state index contributed by atoms with van der Waals surface area (Å²) >= 11 is 6.10. The zero-order valence-electron chi connectivity index (χ0n) is 7.63. The van der Waals surface area contributed by atoms with Gasteiger partial charge in [-0.05, 0) is 26.2 Å². The van der Waals surface area contributed by atoms with Gasteiger partial charge in [0.25, 0.3) is 0 Å². The predicted octanol–water partition coefficient (Wildman–Crippen LogP) is 2.60. The average molecular weight is 185 g/mol. The summed E-state index contributed by atoms with van der Waals surface area (Å²) in [6.45, 7) is 6.42. The summed E-state index contributed by atoms with van der Waals surface area (Å²) in [5.41, 5.74) is 1.25. The second-order valence-corrected chi connectivity index (χ2v) is 4.35. The van der Waals surface area contributed by atoms with Gasteiger partial charge in [0.2, 0.25) is 0 Å². The van der Waals surface area contributed by atoms with Crippen LogP contribution in [0.1, 0.15) is 25.8 Å². The van der Waals surface area contributed by atoms with E-state index >= 15 is 0 Å². The molecule has 1 aliphatic carbocycles. The summed E-state index contributed by atoms with van der Waals surface area (Å²) in [5, 5.41) is 5.08. The molecule has 0 aromatic carbocycles. The van der Waals surface area contributed by atoms with Crippen molar-refractivity contribution in [2.45, 2.75) is 32.7 Å². The van der Waals surface area contributed by atoms with E-state index in [1.807, 2.05) is 17.8 Å². The topological polar surface area (TPSA) is 17.8 Å². The van der Waals surface area contributed by atoms with Crippen LogP contribution in [0, 0.1) is 12.8 Å². The Kier molecular flexibility index (Phi) is 1.52. The van der Waals surface area contributed by atoms with Crippen molar-refractivity contribution in [2.75, 3.05) is 0 Å². The first-order valence-electron chi connectivity index (χ1n) is 4.26. The Morgan fingerprint density at radius 1 is 1.75 bits per heavy atom. The Morgan fingerprint density at radius 2 is 2.33 bits per heavy atom. The molecule has 1 aliphatic rings. The maximum Gasteiger partial charge on any atom is 0.130 e. The number of hydrogen-bond donors (Lipinski definition) is 0. The lowest BCUT2D eigenvalue weighted by molar-refractivity contribution is 0.439. The van der Waals surface area contributed by atoms with E-state index in [-0.39, 0.29) is 5.54 Å². The average Bonchev–Trinajstić information content (AvgIpc) is 2.44. The molecule has 66 valence electrons. The largest absolute Gasteiger partial charge is 0.248 e. The maximum absolute atomic E-state index is 6.10. The summed E-state index contributed by atoms with van der Waals surface area (Å²) in [6, 6.07) is 0. The normalized spacial score (nSPS) is 33.8. The lowest BCUT2D eigenvalue weighted by Gasteiger charge is -2.11. The van der Waals surface area contributed by atoms with Crippen LogP contribution >= 0.6 is 11.6 Å². The van der Waals surface area contributed by atoms with Crippen LogP contribution in [0.5, 0.6) is 0 Å². The molecule has 1 fully saturated rings. The van der Waals surface area contributed by atoms with E-state index in [2.05, 4.69) is 18.9 Å². The standard InChI is InChI=1S/C9H13ClN2/c1-6-5-11-12(8(6)10)9(3)4-7(9)2/h5,7H,4H2,1-3H3. The van der Waals surface area contributed by atoms with Gasteiger partial charge < -0.3 is 0 Å². The molecule has 0 radical (unpaired) electrons. The number of aromatic nitrogens is 2. The molecular weight excluding hydrogens is 172 g/mol. The highest BCUT2D eigenvalue weighted by molar-refractivity contribution is 6.30. The number of rotatable bonds is 1. The highest BCUT2D eigenvalue weighted by Gasteiger charge is 2.50. The molecule has 1 saturated carbocycles. The van der Waals surface area contributed by atoms with Gasteiger partial charge in [-0.15, -0.1) is 0 Å². The van der Waals surface area contributed by atoms with Crippen LogP contribution in [-0.4, -0.2) is 9.78 Å². The summed E-state index contributed by atoms with van der Waals surface area (Å²) in [5.74, 6) is 0.703. The monoisotopic (exact) mass is 184 g/mol. The van der Waals surface area contributed by atoms with E-state index < -0.39 is 0 Å². The van der Waals surface area contributed by atoms with Gasteiger partial charge in [0.05, 0.1) is 11.7 Å². The van der Waals surface area contributed by atoms with Crippen molar-refractivity contribution in [2.24, 2.45) is 5.92 Å². The van der Waals surface area contributed by atoms with Gasteiger partial charge in [-0.3, -0.25) is 0 Å². The van der Waals surface area contributed by atoms with E-state index in [0.717, 1.165) is 10.7 Å². The van der Waals surface area contributed by atoms with Crippen LogP contribution in [0.2, 0.25) is 5.15 Å². The number of nitrogens with zero attached hydrogens (tertiary/aromatic N) is 2. The molecule has 2 rings (SSSR count). The molecule has 2 nitrogen and oxygen atoms in total. The fourth-order valence-corrected chi connectivity index (χ4v) is 1.91. The number of halogens is 1. The molecule has 0 saturated heterocycles. The molecule has 1 heterocycles. The zero-order valence-corrected chi connectivity index (χ0v) is 8.39. The van der Waals surface area contributed by atoms with Crippen LogP contribution in [0.4, 0.5) is 0 Å². The highest BCUT2D eigenvalue weighted by atomic mass is 35.5. The first-order valence-corrected chi connectivity index (χ1v) is 4.64. The van der Waals surface area contributed by atoms with Crippen molar-refractivity contribution < 1.29 is 0 Å². The first-order chi connectivity index (χ1) is 5.55. The van der Waals surface area contributed by atoms with Crippen molar-refractivity contribution in [1.82, 2.24) is 9.78 Å². The second-order valence-electron chi connectivity index (χ2n) is 3.99. The van der Waals surface area contributed by atoms with Crippen molar-refractivity contribution >= 4 is 11.6 Å². The van der Waals surface area contributed by atoms with Gasteiger partial charge in [0, 0.05) is 5.56 Å². The minimum absolute atomic E-state index is 0.186. The molecule has 1 aromatic heterocycles. The van der Waals surface area contributed by atoms with Crippen LogP contribution in [-0.2, 0) is 5.54 Å². The molecule has 0 spiro atoms. The molecule has 3 heteroatoms. The van der Waals surface area contributed by atoms with E-state index in [0.29, 0.717) is 5.92 Å². The lowest BCUT2D eigenvalue weighted by atomic mass is 10.2. The minimum Gasteiger partial charge on any atom is -0.248 e. The molecule has 2 atom stereocenters. The smallest absolute Gasteiger partial charge is 0.130 e. The van der Waals surface area contributed by atoms with Crippen LogP contribution < -0.4 is 0 Å². The molecule has 12 heavy (non-hydrogen) atoms. The van der Waals surface area contributed by atoms with Crippen molar-refractivity contribution in [1.29, 1.82) is 0 Å². The highest BCUT2D eigenvalue weighted by Crippen LogP contribution is 2.50. The Morgan fingerprint density at radius 3 is 2.67 bits per heavy atom. The lowest BCUT2D eigenvalue weighted by Crippen LogP contribution is -2.16. The first kappa shape index (κ1) is 8.11. The second kappa shape index (κ2) is 2.25. The molecule has 0 amide bonds. The van der Waals surface area contributed by atoms with Crippen molar-refractivity contribution in [3.8, 4) is 0 Å². The predicted molar refractivity (Wildman–Crippen MR) is 49.4 cm³/mol. The van der Waals surface area contributed by atoms with E-state index in [4.69, 9.17) is 11.6 Å². The fraction of sp³-hybridized carbons (Fsp3) is 0.667. The van der Waals surface area contributed by atoms with Gasteiger partial charge in [-0.1, -0.05) is 18.5 Å². The van der Waals surface area contributed by atoms with Gasteiger partial charge >= 0.3 is 0 Å². The SMILES string of the molecule is Cc1cnn(C2(C)CC2C)c1Cl. The van der Waals surface area contributed by atoms with Crippen LogP contribution in [0.15, 0.2) is 6.20 Å². The van der Waals surface area contributed by atoms with Crippen molar-refractivity contribution in [3.63, 3.8) is 0 Å². The maximum atomic E-state index is 6.10. The zero-order chi connectivity index (χ0) is 8.93. The van der Waals surface area contributed by atoms with Gasteiger partial charge in [0.15, 0.2) is 0 Å². The minimum atomic E-state index is 0.186. The molecule has 0 bridgehead atoms. The molecule has 0 aliphatic heterocycles. The van der Waals surface area contributed by atoms with E-state index in [1.165, 1.54) is 6.42 Å². The molecule has 1 aromatic rings. The quantitative estimate of drug-likeness (QED) is 0.656. The van der Waals surface area contributed by atoms with Gasteiger partial charge in [0.1, 0.15) is 5.15 Å². The Labute approximate surface area is 77.5 Å². The molecule has 0 N–H and O–H groups in total. The Balaban J connectivity index is 2.42. The molecule has 2 unspecified atom stereocenters. The third-order valence-corrected chi connectivity index (χ3v) is 3.44. The summed E-state index contributed by atoms with van der Waals surface area (Å²) < 4.78 is 1.95. The fourth-order valence-electron chi connectivity index (χ4n) is 1.63. The summed E-state index contributed by atoms with van der Waals surface area (Å²) in [4.78, 5) is 0. The van der Waals surface area contributed by atoms with Crippen LogP contribution in [0.3, 0.4) is 0 Å². The number of aryl methyl sites for hydroxylation is 1. The summed E-state index contributed by atoms with van der Waals surface area (Å²) in [7, 11) is 0. The Hall–Kier alpha value is -0.500.